The first-order chi connectivity index (χ1) is 12.1. The quantitative estimate of drug-likeness (QED) is 0.894. The molecule has 0 aliphatic carbocycles. The number of benzene rings is 1. The molecule has 2 aliphatic heterocycles. The van der Waals surface area contributed by atoms with Gasteiger partial charge < -0.3 is 19.7 Å². The van der Waals surface area contributed by atoms with Gasteiger partial charge in [0.15, 0.2) is 0 Å². The molecule has 0 spiro atoms. The van der Waals surface area contributed by atoms with Crippen LogP contribution in [0.3, 0.4) is 0 Å². The number of hydrogen-bond donors (Lipinski definition) is 1. The molecule has 2 heterocycles. The summed E-state index contributed by atoms with van der Waals surface area (Å²) in [4.78, 5) is 27.5. The van der Waals surface area contributed by atoms with E-state index in [1.165, 1.54) is 11.8 Å². The van der Waals surface area contributed by atoms with Crippen molar-refractivity contribution in [2.24, 2.45) is 0 Å². The van der Waals surface area contributed by atoms with Crippen molar-refractivity contribution in [3.8, 4) is 0 Å². The molecular formula is C18H22N2O4S. The Bertz CT molecular complexity index is 711. The summed E-state index contributed by atoms with van der Waals surface area (Å²) in [6, 6.07) is 5.40. The van der Waals surface area contributed by atoms with Gasteiger partial charge in [-0.05, 0) is 31.5 Å². The molecule has 3 rings (SSSR count). The summed E-state index contributed by atoms with van der Waals surface area (Å²) in [6.45, 7) is 6.63. The minimum absolute atomic E-state index is 0.0374. The van der Waals surface area contributed by atoms with Crippen LogP contribution in [0, 0.1) is 6.92 Å². The standard InChI is InChI=1S/C18H22N2O4S/c1-12-3-4-14(18(22)20-5-7-23-8-6-20)11-15(12)19-17(21)16-13(2)24-9-10-25-16/h3-4,11H,5-10H2,1-2H3,(H,19,21). The summed E-state index contributed by atoms with van der Waals surface area (Å²) in [5, 5.41) is 2.92. The monoisotopic (exact) mass is 362 g/mol. The normalized spacial score (nSPS) is 17.9. The molecule has 0 saturated carbocycles. The van der Waals surface area contributed by atoms with Gasteiger partial charge in [0.05, 0.1) is 19.8 Å². The molecule has 0 aromatic heterocycles. The van der Waals surface area contributed by atoms with Crippen molar-refractivity contribution in [2.45, 2.75) is 13.8 Å². The predicted molar refractivity (Wildman–Crippen MR) is 97.6 cm³/mol. The van der Waals surface area contributed by atoms with Crippen molar-refractivity contribution < 1.29 is 19.1 Å². The van der Waals surface area contributed by atoms with E-state index in [1.807, 2.05) is 13.0 Å². The lowest BCUT2D eigenvalue weighted by atomic mass is 10.1. The lowest BCUT2D eigenvalue weighted by Crippen LogP contribution is -2.40. The van der Waals surface area contributed by atoms with Crippen molar-refractivity contribution >= 4 is 29.3 Å². The van der Waals surface area contributed by atoms with Crippen molar-refractivity contribution in [1.29, 1.82) is 0 Å². The van der Waals surface area contributed by atoms with E-state index in [0.29, 0.717) is 54.8 Å². The first-order valence-corrected chi connectivity index (χ1v) is 9.30. The maximum atomic E-state index is 12.6. The van der Waals surface area contributed by atoms with E-state index in [1.54, 1.807) is 24.0 Å². The number of carbonyl (C=O) groups is 2. The number of nitrogens with one attached hydrogen (secondary N) is 1. The van der Waals surface area contributed by atoms with E-state index in [-0.39, 0.29) is 11.8 Å². The number of hydrogen-bond acceptors (Lipinski definition) is 5. The predicted octanol–water partition coefficient (Wildman–Crippen LogP) is 2.40. The van der Waals surface area contributed by atoms with Gasteiger partial charge in [0.1, 0.15) is 10.7 Å². The van der Waals surface area contributed by atoms with E-state index in [9.17, 15) is 9.59 Å². The third-order valence-corrected chi connectivity index (χ3v) is 5.34. The molecule has 2 aliphatic rings. The molecule has 0 radical (unpaired) electrons. The number of anilines is 1. The third kappa shape index (κ3) is 4.16. The molecule has 0 atom stereocenters. The zero-order chi connectivity index (χ0) is 17.8. The molecule has 7 heteroatoms. The fourth-order valence-corrected chi connectivity index (χ4v) is 3.56. The van der Waals surface area contributed by atoms with Crippen LogP contribution < -0.4 is 5.32 Å². The number of allylic oxidation sites excluding steroid dienone is 1. The smallest absolute Gasteiger partial charge is 0.265 e. The summed E-state index contributed by atoms with van der Waals surface area (Å²) in [5.74, 6) is 1.17. The number of nitrogens with zero attached hydrogens (tertiary/aromatic N) is 1. The summed E-state index contributed by atoms with van der Waals surface area (Å²) >= 11 is 1.49. The van der Waals surface area contributed by atoms with E-state index in [0.717, 1.165) is 11.3 Å². The van der Waals surface area contributed by atoms with Crippen LogP contribution in [-0.4, -0.2) is 55.4 Å². The van der Waals surface area contributed by atoms with Crippen molar-refractivity contribution in [2.75, 3.05) is 44.0 Å². The fraction of sp³-hybridized carbons (Fsp3) is 0.444. The number of thioether (sulfide) groups is 1. The Labute approximate surface area is 151 Å². The SMILES string of the molecule is CC1=C(C(=O)Nc2cc(C(=O)N3CCOCC3)ccc2C)SCCO1. The largest absolute Gasteiger partial charge is 0.496 e. The van der Waals surface area contributed by atoms with Crippen LogP contribution in [0.1, 0.15) is 22.8 Å². The summed E-state index contributed by atoms with van der Waals surface area (Å²) in [6.07, 6.45) is 0. The van der Waals surface area contributed by atoms with Crippen molar-refractivity contribution in [1.82, 2.24) is 4.90 Å². The Morgan fingerprint density at radius 1 is 1.16 bits per heavy atom. The topological polar surface area (TPSA) is 67.9 Å². The van der Waals surface area contributed by atoms with Gasteiger partial charge in [0, 0.05) is 30.1 Å². The minimum Gasteiger partial charge on any atom is -0.496 e. The molecular weight excluding hydrogens is 340 g/mol. The van der Waals surface area contributed by atoms with Crippen LogP contribution >= 0.6 is 11.8 Å². The maximum Gasteiger partial charge on any atom is 0.265 e. The van der Waals surface area contributed by atoms with Gasteiger partial charge >= 0.3 is 0 Å². The average molecular weight is 362 g/mol. The van der Waals surface area contributed by atoms with Crippen LogP contribution in [0.25, 0.3) is 0 Å². The highest BCUT2D eigenvalue weighted by atomic mass is 32.2. The average Bonchev–Trinajstić information content (AvgIpc) is 2.64. The zero-order valence-electron chi connectivity index (χ0n) is 14.5. The first kappa shape index (κ1) is 17.8. The number of ether oxygens (including phenoxy) is 2. The number of rotatable bonds is 3. The van der Waals surface area contributed by atoms with Crippen molar-refractivity contribution in [3.63, 3.8) is 0 Å². The Balaban J connectivity index is 1.77. The van der Waals surface area contributed by atoms with Gasteiger partial charge in [0.2, 0.25) is 0 Å². The van der Waals surface area contributed by atoms with Crippen molar-refractivity contribution in [3.05, 3.63) is 40.0 Å². The molecule has 134 valence electrons. The molecule has 0 bridgehead atoms. The lowest BCUT2D eigenvalue weighted by molar-refractivity contribution is -0.112. The number of morpholine rings is 1. The van der Waals surface area contributed by atoms with E-state index in [4.69, 9.17) is 9.47 Å². The van der Waals surface area contributed by atoms with Crippen LogP contribution in [0.2, 0.25) is 0 Å². The molecule has 1 N–H and O–H groups in total. The van der Waals surface area contributed by atoms with Gasteiger partial charge in [-0.1, -0.05) is 6.07 Å². The molecule has 1 saturated heterocycles. The molecule has 6 nitrogen and oxygen atoms in total. The Hall–Kier alpha value is -1.99. The van der Waals surface area contributed by atoms with Crippen LogP contribution in [0.5, 0.6) is 0 Å². The maximum absolute atomic E-state index is 12.6. The van der Waals surface area contributed by atoms with Gasteiger partial charge in [0.25, 0.3) is 11.8 Å². The zero-order valence-corrected chi connectivity index (χ0v) is 15.3. The van der Waals surface area contributed by atoms with Crippen LogP contribution in [-0.2, 0) is 14.3 Å². The first-order valence-electron chi connectivity index (χ1n) is 8.32. The minimum atomic E-state index is -0.193. The Morgan fingerprint density at radius 2 is 1.92 bits per heavy atom. The highest BCUT2D eigenvalue weighted by Crippen LogP contribution is 2.27. The molecule has 1 aromatic rings. The van der Waals surface area contributed by atoms with Gasteiger partial charge in [-0.25, -0.2) is 0 Å². The lowest BCUT2D eigenvalue weighted by Gasteiger charge is -2.27. The Kier molecular flexibility index (Phi) is 5.65. The molecule has 0 unspecified atom stereocenters. The van der Waals surface area contributed by atoms with Gasteiger partial charge in [-0.2, -0.15) is 0 Å². The second kappa shape index (κ2) is 7.93. The number of carbonyl (C=O) groups excluding carboxylic acids is 2. The molecule has 1 fully saturated rings. The van der Waals surface area contributed by atoms with E-state index < -0.39 is 0 Å². The summed E-state index contributed by atoms with van der Waals surface area (Å²) < 4.78 is 10.7. The molecule has 1 aromatic carbocycles. The molecule has 2 amide bonds. The van der Waals surface area contributed by atoms with Crippen LogP contribution in [0.4, 0.5) is 5.69 Å². The van der Waals surface area contributed by atoms with E-state index >= 15 is 0 Å². The fourth-order valence-electron chi connectivity index (χ4n) is 2.75. The number of aryl methyl sites for hydroxylation is 1. The third-order valence-electron chi connectivity index (χ3n) is 4.21. The van der Waals surface area contributed by atoms with Gasteiger partial charge in [-0.15, -0.1) is 11.8 Å². The highest BCUT2D eigenvalue weighted by Gasteiger charge is 2.22. The van der Waals surface area contributed by atoms with Crippen LogP contribution in [0.15, 0.2) is 28.9 Å². The second-order valence-corrected chi connectivity index (χ2v) is 7.08. The highest BCUT2D eigenvalue weighted by molar-refractivity contribution is 8.04. The van der Waals surface area contributed by atoms with Gasteiger partial charge in [-0.3, -0.25) is 9.59 Å². The second-order valence-electron chi connectivity index (χ2n) is 5.97. The summed E-state index contributed by atoms with van der Waals surface area (Å²) in [7, 11) is 0. The summed E-state index contributed by atoms with van der Waals surface area (Å²) in [5.41, 5.74) is 2.13. The van der Waals surface area contributed by atoms with E-state index in [2.05, 4.69) is 5.32 Å². The number of amides is 2. The molecule has 25 heavy (non-hydrogen) atoms. The Morgan fingerprint density at radius 3 is 2.64 bits per heavy atom.